The lowest BCUT2D eigenvalue weighted by atomic mass is 10.00. The van der Waals surface area contributed by atoms with Gasteiger partial charge in [0.25, 0.3) is 0 Å². The molecule has 0 saturated carbocycles. The Bertz CT molecular complexity index is 179. The van der Waals surface area contributed by atoms with Gasteiger partial charge in [0.1, 0.15) is 5.92 Å². The zero-order valence-corrected chi connectivity index (χ0v) is 8.23. The molecule has 1 unspecified atom stereocenters. The smallest absolute Gasteiger partial charge is 0.369 e. The lowest BCUT2D eigenvalue weighted by Gasteiger charge is -2.16. The van der Waals surface area contributed by atoms with Crippen LogP contribution in [0.2, 0.25) is 0 Å². The van der Waals surface area contributed by atoms with E-state index in [1.165, 1.54) is 0 Å². The van der Waals surface area contributed by atoms with Gasteiger partial charge in [0.05, 0.1) is 0 Å². The summed E-state index contributed by atoms with van der Waals surface area (Å²) in [6.07, 6.45) is -1.70. The van der Waals surface area contributed by atoms with Crippen molar-refractivity contribution in [3.05, 3.63) is 0 Å². The highest BCUT2D eigenvalue weighted by Gasteiger charge is 2.42. The molecule has 0 heterocycles. The third kappa shape index (κ3) is 5.09. The van der Waals surface area contributed by atoms with E-state index in [-0.39, 0.29) is 6.42 Å². The van der Waals surface area contributed by atoms with E-state index < -0.39 is 18.0 Å². The molecule has 0 aliphatic heterocycles. The van der Waals surface area contributed by atoms with Crippen LogP contribution in [-0.2, 0) is 4.79 Å². The highest BCUT2D eigenvalue weighted by molar-refractivity contribution is 5.77. The van der Waals surface area contributed by atoms with Crippen LogP contribution in [0.5, 0.6) is 0 Å². The van der Waals surface area contributed by atoms with Crippen LogP contribution in [0.25, 0.3) is 0 Å². The molecule has 0 saturated heterocycles. The number of carbonyl (C=O) groups is 1. The third-order valence-electron chi connectivity index (χ3n) is 2.08. The minimum Gasteiger partial charge on any atom is -0.369 e. The molecule has 1 atom stereocenters. The second-order valence-electron chi connectivity index (χ2n) is 3.35. The van der Waals surface area contributed by atoms with E-state index >= 15 is 0 Å². The van der Waals surface area contributed by atoms with E-state index in [0.717, 1.165) is 19.3 Å². The van der Waals surface area contributed by atoms with Gasteiger partial charge in [0.15, 0.2) is 0 Å². The van der Waals surface area contributed by atoms with Crippen molar-refractivity contribution in [2.45, 2.75) is 45.2 Å². The molecule has 0 aromatic rings. The van der Waals surface area contributed by atoms with Crippen LogP contribution in [0, 0.1) is 5.92 Å². The SMILES string of the molecule is CCCCCCC(C(N)=O)C(F)(F)F. The second kappa shape index (κ2) is 5.88. The van der Waals surface area contributed by atoms with E-state index in [2.05, 4.69) is 5.73 Å². The van der Waals surface area contributed by atoms with E-state index in [9.17, 15) is 18.0 Å². The van der Waals surface area contributed by atoms with Crippen LogP contribution in [-0.4, -0.2) is 12.1 Å². The first-order valence-corrected chi connectivity index (χ1v) is 4.75. The number of primary amides is 1. The molecule has 0 aliphatic rings. The molecule has 0 radical (unpaired) electrons. The molecular formula is C9H16F3NO. The van der Waals surface area contributed by atoms with Gasteiger partial charge in [-0.05, 0) is 6.42 Å². The van der Waals surface area contributed by atoms with Gasteiger partial charge in [0, 0.05) is 0 Å². The molecule has 2 N–H and O–H groups in total. The summed E-state index contributed by atoms with van der Waals surface area (Å²) in [6.45, 7) is 1.97. The Morgan fingerprint density at radius 3 is 2.21 bits per heavy atom. The van der Waals surface area contributed by atoms with Gasteiger partial charge in [0.2, 0.25) is 5.91 Å². The highest BCUT2D eigenvalue weighted by atomic mass is 19.4. The maximum absolute atomic E-state index is 12.2. The van der Waals surface area contributed by atoms with Gasteiger partial charge in [-0.1, -0.05) is 32.6 Å². The summed E-state index contributed by atoms with van der Waals surface area (Å²) < 4.78 is 36.5. The van der Waals surface area contributed by atoms with Crippen LogP contribution in [0.1, 0.15) is 39.0 Å². The topological polar surface area (TPSA) is 43.1 Å². The van der Waals surface area contributed by atoms with Crippen molar-refractivity contribution in [2.24, 2.45) is 11.7 Å². The number of unbranched alkanes of at least 4 members (excludes halogenated alkanes) is 3. The van der Waals surface area contributed by atoms with E-state index in [0.29, 0.717) is 6.42 Å². The summed E-state index contributed by atoms with van der Waals surface area (Å²) in [5.41, 5.74) is 4.68. The Morgan fingerprint density at radius 1 is 1.29 bits per heavy atom. The molecule has 0 aromatic carbocycles. The van der Waals surface area contributed by atoms with Gasteiger partial charge >= 0.3 is 6.18 Å². The van der Waals surface area contributed by atoms with Crippen molar-refractivity contribution >= 4 is 5.91 Å². The predicted octanol–water partition coefficient (Wildman–Crippen LogP) is 2.62. The van der Waals surface area contributed by atoms with Crippen LogP contribution >= 0.6 is 0 Å². The Morgan fingerprint density at radius 2 is 1.86 bits per heavy atom. The molecule has 0 bridgehead atoms. The van der Waals surface area contributed by atoms with Crippen molar-refractivity contribution in [1.29, 1.82) is 0 Å². The summed E-state index contributed by atoms with van der Waals surface area (Å²) in [6, 6.07) is 0. The molecule has 1 amide bonds. The molecule has 14 heavy (non-hydrogen) atoms. The third-order valence-corrected chi connectivity index (χ3v) is 2.08. The first-order chi connectivity index (χ1) is 6.39. The van der Waals surface area contributed by atoms with Crippen LogP contribution < -0.4 is 5.73 Å². The molecule has 2 nitrogen and oxygen atoms in total. The second-order valence-corrected chi connectivity index (χ2v) is 3.35. The molecular weight excluding hydrogens is 195 g/mol. The van der Waals surface area contributed by atoms with Crippen LogP contribution in [0.15, 0.2) is 0 Å². The summed E-state index contributed by atoms with van der Waals surface area (Å²) in [4.78, 5) is 10.5. The Kier molecular flexibility index (Phi) is 5.57. The van der Waals surface area contributed by atoms with Crippen molar-refractivity contribution < 1.29 is 18.0 Å². The van der Waals surface area contributed by atoms with E-state index in [1.54, 1.807) is 0 Å². The number of nitrogens with two attached hydrogens (primary N) is 1. The Hall–Kier alpha value is -0.740. The minimum atomic E-state index is -4.49. The van der Waals surface area contributed by atoms with Crippen molar-refractivity contribution in [2.75, 3.05) is 0 Å². The number of hydrogen-bond donors (Lipinski definition) is 1. The molecule has 0 aliphatic carbocycles. The zero-order chi connectivity index (χ0) is 11.2. The number of rotatable bonds is 6. The van der Waals surface area contributed by atoms with Gasteiger partial charge in [-0.3, -0.25) is 4.79 Å². The van der Waals surface area contributed by atoms with E-state index in [4.69, 9.17) is 0 Å². The number of halogens is 3. The van der Waals surface area contributed by atoms with Gasteiger partial charge in [-0.25, -0.2) is 0 Å². The maximum atomic E-state index is 12.2. The average molecular weight is 211 g/mol. The predicted molar refractivity (Wildman–Crippen MR) is 47.5 cm³/mol. The largest absolute Gasteiger partial charge is 0.400 e. The van der Waals surface area contributed by atoms with Crippen molar-refractivity contribution in [3.8, 4) is 0 Å². The Balaban J connectivity index is 3.94. The fraction of sp³-hybridized carbons (Fsp3) is 0.889. The number of hydrogen-bond acceptors (Lipinski definition) is 1. The quantitative estimate of drug-likeness (QED) is 0.674. The van der Waals surface area contributed by atoms with Crippen LogP contribution in [0.4, 0.5) is 13.2 Å². The van der Waals surface area contributed by atoms with Crippen molar-refractivity contribution in [1.82, 2.24) is 0 Å². The van der Waals surface area contributed by atoms with Gasteiger partial charge in [-0.15, -0.1) is 0 Å². The lowest BCUT2D eigenvalue weighted by molar-refractivity contribution is -0.182. The fourth-order valence-corrected chi connectivity index (χ4v) is 1.24. The standard InChI is InChI=1S/C9H16F3NO/c1-2-3-4-5-6-7(8(13)14)9(10,11)12/h7H,2-6H2,1H3,(H2,13,14). The number of amides is 1. The first-order valence-electron chi connectivity index (χ1n) is 4.75. The number of carbonyl (C=O) groups excluding carboxylic acids is 1. The lowest BCUT2D eigenvalue weighted by Crippen LogP contribution is -2.35. The highest BCUT2D eigenvalue weighted by Crippen LogP contribution is 2.30. The molecule has 5 heteroatoms. The van der Waals surface area contributed by atoms with Gasteiger partial charge in [-0.2, -0.15) is 13.2 Å². The molecule has 84 valence electrons. The zero-order valence-electron chi connectivity index (χ0n) is 8.23. The normalized spacial score (nSPS) is 14.0. The van der Waals surface area contributed by atoms with Crippen LogP contribution in [0.3, 0.4) is 0 Å². The number of alkyl halides is 3. The fourth-order valence-electron chi connectivity index (χ4n) is 1.24. The molecule has 0 fully saturated rings. The van der Waals surface area contributed by atoms with E-state index in [1.807, 2.05) is 6.92 Å². The first kappa shape index (κ1) is 13.3. The molecule has 0 aromatic heterocycles. The summed E-state index contributed by atoms with van der Waals surface area (Å²) in [5.74, 6) is -3.24. The monoisotopic (exact) mass is 211 g/mol. The maximum Gasteiger partial charge on any atom is 0.400 e. The van der Waals surface area contributed by atoms with Gasteiger partial charge < -0.3 is 5.73 Å². The minimum absolute atomic E-state index is 0.182. The summed E-state index contributed by atoms with van der Waals surface area (Å²) >= 11 is 0. The summed E-state index contributed by atoms with van der Waals surface area (Å²) in [7, 11) is 0. The molecule has 0 rings (SSSR count). The average Bonchev–Trinajstić information content (AvgIpc) is 2.01. The Labute approximate surface area is 81.7 Å². The van der Waals surface area contributed by atoms with Crippen molar-refractivity contribution in [3.63, 3.8) is 0 Å². The molecule has 0 spiro atoms. The summed E-state index contributed by atoms with van der Waals surface area (Å²) in [5, 5.41) is 0.